The third kappa shape index (κ3) is 4.69. The molecule has 0 aliphatic heterocycles. The Morgan fingerprint density at radius 3 is 2.28 bits per heavy atom. The highest BCUT2D eigenvalue weighted by molar-refractivity contribution is 6.30. The fourth-order valence-corrected chi connectivity index (χ4v) is 2.62. The van der Waals surface area contributed by atoms with Crippen molar-refractivity contribution >= 4 is 40.8 Å². The van der Waals surface area contributed by atoms with Crippen molar-refractivity contribution in [2.45, 2.75) is 0 Å². The number of benzene rings is 2. The summed E-state index contributed by atoms with van der Waals surface area (Å²) in [6, 6.07) is 13.5. The number of anilines is 2. The fourth-order valence-electron chi connectivity index (χ4n) is 2.51. The zero-order chi connectivity index (χ0) is 21.0. The van der Waals surface area contributed by atoms with Crippen molar-refractivity contribution in [3.05, 3.63) is 82.5 Å². The molecule has 1 aromatic heterocycles. The van der Waals surface area contributed by atoms with Crippen LogP contribution in [0.25, 0.3) is 0 Å². The summed E-state index contributed by atoms with van der Waals surface area (Å²) < 4.78 is 0. The third-order valence-electron chi connectivity index (χ3n) is 3.94. The molecule has 0 bridgehead atoms. The number of halogens is 1. The van der Waals surface area contributed by atoms with Crippen LogP contribution in [-0.2, 0) is 0 Å². The molecule has 0 radical (unpaired) electrons. The van der Waals surface area contributed by atoms with Gasteiger partial charge in [0.25, 0.3) is 11.8 Å². The van der Waals surface area contributed by atoms with E-state index in [1.165, 1.54) is 42.6 Å². The summed E-state index contributed by atoms with van der Waals surface area (Å²) in [5.41, 5.74) is 6.19. The van der Waals surface area contributed by atoms with E-state index in [-0.39, 0.29) is 28.7 Å². The molecule has 0 atom stereocenters. The molecule has 2 amide bonds. The second-order valence-corrected chi connectivity index (χ2v) is 6.40. The van der Waals surface area contributed by atoms with Crippen LogP contribution >= 0.6 is 11.6 Å². The molecule has 6 N–H and O–H groups in total. The van der Waals surface area contributed by atoms with Gasteiger partial charge in [-0.25, -0.2) is 4.98 Å². The molecule has 3 aromatic rings. The highest BCUT2D eigenvalue weighted by Gasteiger charge is 2.19. The van der Waals surface area contributed by atoms with Gasteiger partial charge in [0.15, 0.2) is 0 Å². The number of hydrogen-bond donors (Lipinski definition) is 5. The van der Waals surface area contributed by atoms with Crippen LogP contribution < -0.4 is 16.4 Å². The number of aromatic hydroxyl groups is 1. The number of nitrogens with one attached hydrogen (secondary N) is 3. The number of amides is 2. The summed E-state index contributed by atoms with van der Waals surface area (Å²) in [6.45, 7) is 0. The Hall–Kier alpha value is -3.91. The molecule has 0 saturated heterocycles. The number of carbonyl (C=O) groups is 2. The molecular formula is C20H16ClN5O3. The molecule has 0 saturated carbocycles. The monoisotopic (exact) mass is 409 g/mol. The van der Waals surface area contributed by atoms with Crippen LogP contribution in [0.2, 0.25) is 5.02 Å². The summed E-state index contributed by atoms with van der Waals surface area (Å²) in [5.74, 6) is -1.33. The van der Waals surface area contributed by atoms with Crippen LogP contribution in [0.4, 0.5) is 11.5 Å². The summed E-state index contributed by atoms with van der Waals surface area (Å²) in [7, 11) is 0. The maximum absolute atomic E-state index is 12.6. The van der Waals surface area contributed by atoms with Crippen LogP contribution in [0.3, 0.4) is 0 Å². The molecule has 0 spiro atoms. The number of hydrogen-bond acceptors (Lipinski definition) is 5. The van der Waals surface area contributed by atoms with Crippen molar-refractivity contribution in [3.63, 3.8) is 0 Å². The number of pyridine rings is 1. The minimum Gasteiger partial charge on any atom is -0.507 e. The average Bonchev–Trinajstić information content (AvgIpc) is 2.69. The first-order valence-electron chi connectivity index (χ1n) is 8.36. The molecule has 1 heterocycles. The van der Waals surface area contributed by atoms with Gasteiger partial charge in [-0.05, 0) is 36.4 Å². The van der Waals surface area contributed by atoms with Crippen molar-refractivity contribution in [3.8, 4) is 5.75 Å². The van der Waals surface area contributed by atoms with Gasteiger partial charge in [-0.15, -0.1) is 0 Å². The second-order valence-electron chi connectivity index (χ2n) is 5.96. The van der Waals surface area contributed by atoms with Crippen molar-refractivity contribution < 1.29 is 14.7 Å². The second kappa shape index (κ2) is 8.41. The predicted octanol–water partition coefficient (Wildman–Crippen LogP) is 3.23. The number of carbonyl (C=O) groups excluding carboxylic acids is 2. The Labute approximate surface area is 170 Å². The molecule has 2 aromatic carbocycles. The molecule has 146 valence electrons. The first kappa shape index (κ1) is 19.8. The fraction of sp³-hybridized carbons (Fsp3) is 0. The minimum atomic E-state index is -0.653. The number of phenols is 1. The lowest BCUT2D eigenvalue weighted by Crippen LogP contribution is -2.19. The van der Waals surface area contributed by atoms with E-state index in [9.17, 15) is 14.7 Å². The molecule has 9 heteroatoms. The number of nitrogens with zero attached hydrogens (tertiary/aromatic N) is 1. The molecule has 0 unspecified atom stereocenters. The Morgan fingerprint density at radius 1 is 0.966 bits per heavy atom. The quantitative estimate of drug-likeness (QED) is 0.325. The SMILES string of the molecule is N=C(N)c1ccc(C(=O)Nc2cccc(O)c2C(=O)Nc2ccc(Cl)cn2)cc1. The number of nitrogen functional groups attached to an aromatic ring is 1. The van der Waals surface area contributed by atoms with E-state index < -0.39 is 11.8 Å². The summed E-state index contributed by atoms with van der Waals surface area (Å²) in [4.78, 5) is 29.2. The number of nitrogens with two attached hydrogens (primary N) is 1. The summed E-state index contributed by atoms with van der Waals surface area (Å²) in [5, 5.41) is 23.1. The maximum Gasteiger partial charge on any atom is 0.262 e. The van der Waals surface area contributed by atoms with Crippen molar-refractivity contribution in [2.24, 2.45) is 5.73 Å². The van der Waals surface area contributed by atoms with E-state index in [2.05, 4.69) is 15.6 Å². The Bertz CT molecular complexity index is 1080. The van der Waals surface area contributed by atoms with E-state index in [1.807, 2.05) is 0 Å². The number of phenolic OH excluding ortho intramolecular Hbond substituents is 1. The van der Waals surface area contributed by atoms with Gasteiger partial charge in [0.1, 0.15) is 23.0 Å². The highest BCUT2D eigenvalue weighted by Crippen LogP contribution is 2.27. The average molecular weight is 410 g/mol. The van der Waals surface area contributed by atoms with Crippen molar-refractivity contribution in [1.29, 1.82) is 5.41 Å². The van der Waals surface area contributed by atoms with E-state index in [4.69, 9.17) is 22.7 Å². The molecule has 29 heavy (non-hydrogen) atoms. The standard InChI is InChI=1S/C20H16ClN5O3/c21-13-8-9-16(24-10-13)26-20(29)17-14(2-1-3-15(17)27)25-19(28)12-6-4-11(5-7-12)18(22)23/h1-10,27H,(H3,22,23)(H,25,28)(H,24,26,29). The zero-order valence-corrected chi connectivity index (χ0v) is 15.7. The number of amidine groups is 1. The molecule has 0 aliphatic carbocycles. The first-order valence-corrected chi connectivity index (χ1v) is 8.73. The van der Waals surface area contributed by atoms with E-state index in [1.54, 1.807) is 18.2 Å². The van der Waals surface area contributed by atoms with Gasteiger partial charge in [-0.1, -0.05) is 29.8 Å². The van der Waals surface area contributed by atoms with Crippen LogP contribution in [0, 0.1) is 5.41 Å². The topological polar surface area (TPSA) is 141 Å². The Morgan fingerprint density at radius 2 is 1.66 bits per heavy atom. The van der Waals surface area contributed by atoms with E-state index in [0.717, 1.165) is 0 Å². The van der Waals surface area contributed by atoms with Crippen molar-refractivity contribution in [1.82, 2.24) is 4.98 Å². The smallest absolute Gasteiger partial charge is 0.262 e. The first-order chi connectivity index (χ1) is 13.8. The van der Waals surface area contributed by atoms with Crippen molar-refractivity contribution in [2.75, 3.05) is 10.6 Å². The Balaban J connectivity index is 1.83. The van der Waals surface area contributed by atoms with Gasteiger partial charge in [0.2, 0.25) is 0 Å². The lowest BCUT2D eigenvalue weighted by Gasteiger charge is -2.13. The van der Waals surface area contributed by atoms with Crippen LogP contribution in [0.5, 0.6) is 5.75 Å². The normalized spacial score (nSPS) is 10.2. The maximum atomic E-state index is 12.6. The van der Waals surface area contributed by atoms with Gasteiger partial charge in [0, 0.05) is 17.3 Å². The van der Waals surface area contributed by atoms with Gasteiger partial charge >= 0.3 is 0 Å². The third-order valence-corrected chi connectivity index (χ3v) is 4.17. The lowest BCUT2D eigenvalue weighted by atomic mass is 10.1. The summed E-state index contributed by atoms with van der Waals surface area (Å²) >= 11 is 5.78. The minimum absolute atomic E-state index is 0.111. The molecule has 3 rings (SSSR count). The summed E-state index contributed by atoms with van der Waals surface area (Å²) in [6.07, 6.45) is 1.37. The van der Waals surface area contributed by atoms with Gasteiger partial charge in [-0.2, -0.15) is 0 Å². The largest absolute Gasteiger partial charge is 0.507 e. The predicted molar refractivity (Wildman–Crippen MR) is 111 cm³/mol. The zero-order valence-electron chi connectivity index (χ0n) is 14.9. The highest BCUT2D eigenvalue weighted by atomic mass is 35.5. The molecule has 0 fully saturated rings. The van der Waals surface area contributed by atoms with Crippen LogP contribution in [0.15, 0.2) is 60.8 Å². The molecule has 0 aliphatic rings. The number of rotatable bonds is 5. The van der Waals surface area contributed by atoms with Crippen LogP contribution in [0.1, 0.15) is 26.3 Å². The van der Waals surface area contributed by atoms with Gasteiger partial charge in [-0.3, -0.25) is 15.0 Å². The van der Waals surface area contributed by atoms with Crippen LogP contribution in [-0.4, -0.2) is 27.7 Å². The van der Waals surface area contributed by atoms with E-state index in [0.29, 0.717) is 16.1 Å². The molecular weight excluding hydrogens is 394 g/mol. The van der Waals surface area contributed by atoms with Gasteiger partial charge in [0.05, 0.1) is 10.7 Å². The number of aromatic nitrogens is 1. The lowest BCUT2D eigenvalue weighted by molar-refractivity contribution is 0.102. The van der Waals surface area contributed by atoms with Gasteiger partial charge < -0.3 is 21.5 Å². The van der Waals surface area contributed by atoms with E-state index >= 15 is 0 Å². The molecule has 8 nitrogen and oxygen atoms in total. The Kier molecular flexibility index (Phi) is 5.75.